The van der Waals surface area contributed by atoms with E-state index in [-0.39, 0.29) is 29.6 Å². The molecule has 1 aromatic carbocycles. The number of benzene rings is 1. The van der Waals surface area contributed by atoms with E-state index in [1.165, 1.54) is 13.0 Å². The SMILES string of the molecule is CCOC(=O)C(F)(F)[C@@H](N)c1c(C)cccc1Cl.Cl. The molecule has 0 amide bonds. The molecular formula is C12H15Cl2F2NO2. The van der Waals surface area contributed by atoms with Crippen molar-refractivity contribution in [1.29, 1.82) is 0 Å². The average Bonchev–Trinajstić information content (AvgIpc) is 2.28. The second kappa shape index (κ2) is 7.03. The summed E-state index contributed by atoms with van der Waals surface area (Å²) in [4.78, 5) is 11.2. The molecule has 0 spiro atoms. The van der Waals surface area contributed by atoms with Crippen LogP contribution in [0.5, 0.6) is 0 Å². The quantitative estimate of drug-likeness (QED) is 0.868. The van der Waals surface area contributed by atoms with E-state index < -0.39 is 17.9 Å². The normalized spacial score (nSPS) is 12.5. The Kier molecular flexibility index (Phi) is 6.69. The smallest absolute Gasteiger partial charge is 0.379 e. The molecule has 108 valence electrons. The van der Waals surface area contributed by atoms with Crippen molar-refractivity contribution in [1.82, 2.24) is 0 Å². The lowest BCUT2D eigenvalue weighted by Crippen LogP contribution is -2.42. The number of halogens is 4. The Morgan fingerprint density at radius 3 is 2.58 bits per heavy atom. The zero-order valence-corrected chi connectivity index (χ0v) is 12.0. The average molecular weight is 314 g/mol. The molecule has 0 bridgehead atoms. The maximum Gasteiger partial charge on any atom is 0.379 e. The zero-order valence-electron chi connectivity index (χ0n) is 10.5. The van der Waals surface area contributed by atoms with Gasteiger partial charge in [-0.3, -0.25) is 0 Å². The van der Waals surface area contributed by atoms with E-state index in [1.54, 1.807) is 19.1 Å². The van der Waals surface area contributed by atoms with Gasteiger partial charge in [0.15, 0.2) is 0 Å². The van der Waals surface area contributed by atoms with Crippen LogP contribution in [0.2, 0.25) is 5.02 Å². The summed E-state index contributed by atoms with van der Waals surface area (Å²) in [5.74, 6) is -5.46. The minimum absolute atomic E-state index is 0. The molecule has 3 nitrogen and oxygen atoms in total. The summed E-state index contributed by atoms with van der Waals surface area (Å²) in [6.07, 6.45) is 0. The highest BCUT2D eigenvalue weighted by molar-refractivity contribution is 6.31. The molecule has 0 saturated heterocycles. The van der Waals surface area contributed by atoms with Crippen LogP contribution in [0.15, 0.2) is 18.2 Å². The van der Waals surface area contributed by atoms with E-state index in [1.807, 2.05) is 0 Å². The van der Waals surface area contributed by atoms with Crippen molar-refractivity contribution in [3.8, 4) is 0 Å². The lowest BCUT2D eigenvalue weighted by Gasteiger charge is -2.24. The fourth-order valence-electron chi connectivity index (χ4n) is 1.57. The van der Waals surface area contributed by atoms with Crippen molar-refractivity contribution in [3.05, 3.63) is 34.3 Å². The summed E-state index contributed by atoms with van der Waals surface area (Å²) in [7, 11) is 0. The molecule has 7 heteroatoms. The lowest BCUT2D eigenvalue weighted by molar-refractivity contribution is -0.174. The van der Waals surface area contributed by atoms with Gasteiger partial charge in [0.05, 0.1) is 6.61 Å². The number of rotatable bonds is 4. The number of aryl methyl sites for hydroxylation is 1. The van der Waals surface area contributed by atoms with Crippen LogP contribution in [0.4, 0.5) is 8.78 Å². The highest BCUT2D eigenvalue weighted by atomic mass is 35.5. The van der Waals surface area contributed by atoms with Crippen LogP contribution in [0, 0.1) is 6.92 Å². The lowest BCUT2D eigenvalue weighted by atomic mass is 9.97. The van der Waals surface area contributed by atoms with E-state index in [4.69, 9.17) is 17.3 Å². The zero-order chi connectivity index (χ0) is 13.9. The van der Waals surface area contributed by atoms with Gasteiger partial charge in [-0.2, -0.15) is 8.78 Å². The third kappa shape index (κ3) is 3.78. The molecule has 1 aromatic rings. The summed E-state index contributed by atoms with van der Waals surface area (Å²) in [6, 6.07) is 2.84. The number of carbonyl (C=O) groups is 1. The van der Waals surface area contributed by atoms with Crippen LogP contribution in [0.25, 0.3) is 0 Å². The molecule has 0 aromatic heterocycles. The number of ether oxygens (including phenoxy) is 1. The minimum Gasteiger partial charge on any atom is -0.462 e. The summed E-state index contributed by atoms with van der Waals surface area (Å²) in [5.41, 5.74) is 6.02. The van der Waals surface area contributed by atoms with Gasteiger partial charge in [0, 0.05) is 5.02 Å². The van der Waals surface area contributed by atoms with Gasteiger partial charge in [-0.15, -0.1) is 12.4 Å². The fourth-order valence-corrected chi connectivity index (χ4v) is 1.91. The summed E-state index contributed by atoms with van der Waals surface area (Å²) < 4.78 is 31.9. The Bertz CT molecular complexity index is 435. The molecule has 1 rings (SSSR count). The molecule has 19 heavy (non-hydrogen) atoms. The van der Waals surface area contributed by atoms with Crippen molar-refractivity contribution in [3.63, 3.8) is 0 Å². The van der Waals surface area contributed by atoms with E-state index in [2.05, 4.69) is 4.74 Å². The summed E-state index contributed by atoms with van der Waals surface area (Å²) in [6.45, 7) is 2.91. The van der Waals surface area contributed by atoms with E-state index in [9.17, 15) is 13.6 Å². The van der Waals surface area contributed by atoms with Gasteiger partial charge < -0.3 is 10.5 Å². The van der Waals surface area contributed by atoms with Crippen molar-refractivity contribution in [2.75, 3.05) is 6.61 Å². The molecule has 0 radical (unpaired) electrons. The number of hydrogen-bond donors (Lipinski definition) is 1. The van der Waals surface area contributed by atoms with Crippen LogP contribution in [0.3, 0.4) is 0 Å². The Hall–Kier alpha value is -0.910. The topological polar surface area (TPSA) is 52.3 Å². The first-order valence-electron chi connectivity index (χ1n) is 5.38. The van der Waals surface area contributed by atoms with Gasteiger partial charge in [0.1, 0.15) is 6.04 Å². The highest BCUT2D eigenvalue weighted by Crippen LogP contribution is 2.35. The van der Waals surface area contributed by atoms with Gasteiger partial charge in [-0.25, -0.2) is 4.79 Å². The van der Waals surface area contributed by atoms with Crippen LogP contribution in [-0.2, 0) is 9.53 Å². The van der Waals surface area contributed by atoms with Gasteiger partial charge in [-0.05, 0) is 31.0 Å². The van der Waals surface area contributed by atoms with Crippen LogP contribution in [0.1, 0.15) is 24.1 Å². The largest absolute Gasteiger partial charge is 0.462 e. The number of alkyl halides is 2. The number of nitrogens with two attached hydrogens (primary N) is 1. The molecule has 0 fully saturated rings. The van der Waals surface area contributed by atoms with Gasteiger partial charge in [0.2, 0.25) is 0 Å². The Labute approximate surface area is 121 Å². The molecule has 0 aliphatic rings. The summed E-state index contributed by atoms with van der Waals surface area (Å²) >= 11 is 5.85. The fraction of sp³-hybridized carbons (Fsp3) is 0.417. The molecule has 0 aliphatic carbocycles. The first-order chi connectivity index (χ1) is 8.32. The standard InChI is InChI=1S/C12H14ClF2NO2.ClH/c1-3-18-11(17)12(14,15)10(16)9-7(2)5-4-6-8(9)13;/h4-6,10H,3,16H2,1-2H3;1H/t10-;/m0./s1. The predicted octanol–water partition coefficient (Wildman–Crippen LogP) is 3.27. The van der Waals surface area contributed by atoms with Crippen LogP contribution >= 0.6 is 24.0 Å². The first kappa shape index (κ1) is 18.1. The predicted molar refractivity (Wildman–Crippen MR) is 71.9 cm³/mol. The van der Waals surface area contributed by atoms with E-state index >= 15 is 0 Å². The van der Waals surface area contributed by atoms with Crippen LogP contribution in [-0.4, -0.2) is 18.5 Å². The Morgan fingerprint density at radius 1 is 1.53 bits per heavy atom. The molecule has 0 heterocycles. The summed E-state index contributed by atoms with van der Waals surface area (Å²) in [5, 5.41) is 0.103. The van der Waals surface area contributed by atoms with Crippen molar-refractivity contribution in [2.24, 2.45) is 5.73 Å². The maximum absolute atomic E-state index is 13.8. The van der Waals surface area contributed by atoms with Crippen molar-refractivity contribution < 1.29 is 18.3 Å². The molecule has 1 atom stereocenters. The van der Waals surface area contributed by atoms with Gasteiger partial charge >= 0.3 is 11.9 Å². The number of carbonyl (C=O) groups excluding carboxylic acids is 1. The van der Waals surface area contributed by atoms with Crippen molar-refractivity contribution >= 4 is 30.0 Å². The third-order valence-electron chi connectivity index (χ3n) is 2.52. The van der Waals surface area contributed by atoms with E-state index in [0.717, 1.165) is 0 Å². The van der Waals surface area contributed by atoms with Gasteiger partial charge in [-0.1, -0.05) is 23.7 Å². The maximum atomic E-state index is 13.8. The molecule has 0 unspecified atom stereocenters. The Balaban J connectivity index is 0.00000324. The third-order valence-corrected chi connectivity index (χ3v) is 2.85. The molecule has 2 N–H and O–H groups in total. The first-order valence-corrected chi connectivity index (χ1v) is 5.75. The molecular weight excluding hydrogens is 299 g/mol. The highest BCUT2D eigenvalue weighted by Gasteiger charge is 2.48. The Morgan fingerprint density at radius 2 is 2.11 bits per heavy atom. The second-order valence-electron chi connectivity index (χ2n) is 3.79. The van der Waals surface area contributed by atoms with Crippen molar-refractivity contribution in [2.45, 2.75) is 25.8 Å². The number of esters is 1. The monoisotopic (exact) mass is 313 g/mol. The second-order valence-corrected chi connectivity index (χ2v) is 4.20. The molecule has 0 aliphatic heterocycles. The van der Waals surface area contributed by atoms with Gasteiger partial charge in [0.25, 0.3) is 0 Å². The van der Waals surface area contributed by atoms with E-state index in [0.29, 0.717) is 5.56 Å². The number of hydrogen-bond acceptors (Lipinski definition) is 3. The molecule has 0 saturated carbocycles. The minimum atomic E-state index is -3.81. The van der Waals surface area contributed by atoms with Crippen LogP contribution < -0.4 is 5.73 Å².